The van der Waals surface area contributed by atoms with Gasteiger partial charge >= 0.3 is 11.9 Å². The fraction of sp³-hybridized carbons (Fsp3) is 0. The lowest BCUT2D eigenvalue weighted by molar-refractivity contribution is 0.0682. The first-order valence-electron chi connectivity index (χ1n) is 10.0. The number of rotatable bonds is 2. The molecule has 0 saturated heterocycles. The van der Waals surface area contributed by atoms with Gasteiger partial charge < -0.3 is 20.4 Å². The summed E-state index contributed by atoms with van der Waals surface area (Å²) >= 11 is 0. The van der Waals surface area contributed by atoms with Crippen LogP contribution in [0.4, 0.5) is 0 Å². The molecule has 4 N–H and O–H groups in total. The number of para-hydroxylation sites is 6. The third kappa shape index (κ3) is 6.04. The number of aromatic nitrogens is 2. The number of aromatic carboxylic acids is 2. The van der Waals surface area contributed by atoms with Gasteiger partial charge in [-0.3, -0.25) is 0 Å². The maximum Gasteiger partial charge on any atom is 0.339 e. The van der Waals surface area contributed by atoms with E-state index < -0.39 is 11.9 Å². The predicted octanol–water partition coefficient (Wildman–Crippen LogP) is 4.96. The van der Waals surface area contributed by atoms with Gasteiger partial charge in [0, 0.05) is 0 Å². The summed E-state index contributed by atoms with van der Waals surface area (Å²) in [5.74, 6) is -2.62. The number of phenols is 2. The normalized spacial score (nSPS) is 9.88. The lowest BCUT2D eigenvalue weighted by Gasteiger charge is -1.98. The Bertz CT molecular complexity index is 1290. The molecule has 34 heavy (non-hydrogen) atoms. The molecule has 0 spiro atoms. The van der Waals surface area contributed by atoms with Crippen molar-refractivity contribution in [2.75, 3.05) is 0 Å². The van der Waals surface area contributed by atoms with Gasteiger partial charge in [-0.05, 0) is 48.5 Å². The topological polar surface area (TPSA) is 141 Å². The highest BCUT2D eigenvalue weighted by atomic mass is 16.4. The molecule has 0 aliphatic rings. The minimum absolute atomic E-state index is 0.0671. The van der Waals surface area contributed by atoms with Crippen LogP contribution in [0.5, 0.6) is 11.5 Å². The molecule has 8 heteroatoms. The van der Waals surface area contributed by atoms with Crippen molar-refractivity contribution in [1.82, 2.24) is 9.97 Å². The molecule has 170 valence electrons. The van der Waals surface area contributed by atoms with Gasteiger partial charge in [0.15, 0.2) is 0 Å². The molecule has 1 heterocycles. The summed E-state index contributed by atoms with van der Waals surface area (Å²) in [5, 5.41) is 34.6. The van der Waals surface area contributed by atoms with Gasteiger partial charge in [0.25, 0.3) is 0 Å². The third-order valence-corrected chi connectivity index (χ3v) is 4.51. The fourth-order valence-electron chi connectivity index (χ4n) is 2.88. The molecular formula is C26H20N2O6. The van der Waals surface area contributed by atoms with Crippen molar-refractivity contribution in [2.24, 2.45) is 0 Å². The molecule has 0 saturated carbocycles. The Morgan fingerprint density at radius 1 is 0.471 bits per heavy atom. The Kier molecular flexibility index (Phi) is 7.70. The zero-order valence-corrected chi connectivity index (χ0v) is 17.7. The molecule has 0 aliphatic heterocycles. The van der Waals surface area contributed by atoms with E-state index in [1.54, 1.807) is 24.3 Å². The van der Waals surface area contributed by atoms with Crippen molar-refractivity contribution in [1.29, 1.82) is 0 Å². The summed E-state index contributed by atoms with van der Waals surface area (Å²) in [6, 6.07) is 27.5. The molecule has 0 amide bonds. The van der Waals surface area contributed by atoms with E-state index in [1.807, 2.05) is 48.5 Å². The van der Waals surface area contributed by atoms with E-state index in [2.05, 4.69) is 9.97 Å². The van der Waals surface area contributed by atoms with Crippen molar-refractivity contribution in [3.8, 4) is 11.5 Å². The second-order valence-electron chi connectivity index (χ2n) is 6.85. The predicted molar refractivity (Wildman–Crippen MR) is 127 cm³/mol. The zero-order chi connectivity index (χ0) is 24.5. The van der Waals surface area contributed by atoms with E-state index in [9.17, 15) is 9.59 Å². The van der Waals surface area contributed by atoms with Crippen molar-refractivity contribution in [3.63, 3.8) is 0 Å². The van der Waals surface area contributed by atoms with Crippen LogP contribution in [0.15, 0.2) is 97.1 Å². The quantitative estimate of drug-likeness (QED) is 0.273. The highest BCUT2D eigenvalue weighted by Gasteiger charge is 2.06. The third-order valence-electron chi connectivity index (χ3n) is 4.51. The smallest absolute Gasteiger partial charge is 0.339 e. The number of aromatic hydroxyl groups is 2. The molecule has 0 bridgehead atoms. The molecule has 8 nitrogen and oxygen atoms in total. The molecule has 0 radical (unpaired) electrons. The Morgan fingerprint density at radius 2 is 0.735 bits per heavy atom. The average molecular weight is 456 g/mol. The maximum absolute atomic E-state index is 10.3. The zero-order valence-electron chi connectivity index (χ0n) is 17.7. The highest BCUT2D eigenvalue weighted by Crippen LogP contribution is 2.16. The monoisotopic (exact) mass is 456 g/mol. The second-order valence-corrected chi connectivity index (χ2v) is 6.85. The van der Waals surface area contributed by atoms with Crippen LogP contribution in [-0.4, -0.2) is 42.3 Å². The molecule has 1 aromatic heterocycles. The van der Waals surface area contributed by atoms with E-state index >= 15 is 0 Å². The first kappa shape index (κ1) is 23.7. The molecule has 0 unspecified atom stereocenters. The van der Waals surface area contributed by atoms with Crippen LogP contribution in [0.25, 0.3) is 22.1 Å². The lowest BCUT2D eigenvalue weighted by Crippen LogP contribution is -1.95. The van der Waals surface area contributed by atoms with Crippen molar-refractivity contribution < 1.29 is 30.0 Å². The fourth-order valence-corrected chi connectivity index (χ4v) is 2.88. The van der Waals surface area contributed by atoms with Crippen LogP contribution < -0.4 is 0 Å². The lowest BCUT2D eigenvalue weighted by atomic mass is 10.2. The summed E-state index contributed by atoms with van der Waals surface area (Å²) in [5.41, 5.74) is 3.67. The summed E-state index contributed by atoms with van der Waals surface area (Å²) in [6.07, 6.45) is 0. The number of fused-ring (bicyclic) bond motifs is 2. The number of benzene rings is 4. The Balaban J connectivity index is 0.000000147. The van der Waals surface area contributed by atoms with E-state index in [0.717, 1.165) is 22.1 Å². The van der Waals surface area contributed by atoms with Crippen LogP contribution in [0, 0.1) is 0 Å². The van der Waals surface area contributed by atoms with Crippen molar-refractivity contribution >= 4 is 34.0 Å². The highest BCUT2D eigenvalue weighted by molar-refractivity contribution is 5.91. The Hall–Kier alpha value is -4.98. The van der Waals surface area contributed by atoms with Gasteiger partial charge in [-0.25, -0.2) is 19.6 Å². The number of carboxylic acids is 2. The number of carboxylic acid groups (broad SMARTS) is 2. The van der Waals surface area contributed by atoms with Crippen molar-refractivity contribution in [3.05, 3.63) is 108 Å². The number of nitrogens with zero attached hydrogens (tertiary/aromatic N) is 2. The van der Waals surface area contributed by atoms with Crippen LogP contribution in [0.1, 0.15) is 20.7 Å². The van der Waals surface area contributed by atoms with E-state index in [-0.39, 0.29) is 22.6 Å². The van der Waals surface area contributed by atoms with Gasteiger partial charge in [0.05, 0.1) is 22.1 Å². The summed E-state index contributed by atoms with van der Waals surface area (Å²) in [7, 11) is 0. The van der Waals surface area contributed by atoms with E-state index in [4.69, 9.17) is 20.4 Å². The van der Waals surface area contributed by atoms with E-state index in [1.165, 1.54) is 24.3 Å². The molecule has 4 aromatic carbocycles. The van der Waals surface area contributed by atoms with Gasteiger partial charge in [0.2, 0.25) is 0 Å². The first-order chi connectivity index (χ1) is 16.4. The summed E-state index contributed by atoms with van der Waals surface area (Å²) in [6.45, 7) is 0. The van der Waals surface area contributed by atoms with Crippen LogP contribution in [0.2, 0.25) is 0 Å². The van der Waals surface area contributed by atoms with Gasteiger partial charge in [0.1, 0.15) is 22.6 Å². The summed E-state index contributed by atoms with van der Waals surface area (Å²) in [4.78, 5) is 29.6. The molecule has 0 atom stereocenters. The number of carbonyl (C=O) groups is 2. The molecule has 0 aliphatic carbocycles. The number of hydrogen-bond donors (Lipinski definition) is 4. The molecular weight excluding hydrogens is 436 g/mol. The standard InChI is InChI=1S/C12H8N2.2C7H6O3/c1-2-6-10-9(5-1)13-11-7-3-4-8-12(11)14-10;2*8-6-4-2-1-3-5(6)7(9)10/h1-8H;2*1-4,8H,(H,9,10). The first-order valence-corrected chi connectivity index (χ1v) is 10.0. The van der Waals surface area contributed by atoms with E-state index in [0.29, 0.717) is 0 Å². The van der Waals surface area contributed by atoms with Gasteiger partial charge in [-0.2, -0.15) is 0 Å². The number of hydrogen-bond acceptors (Lipinski definition) is 6. The second kappa shape index (κ2) is 11.1. The molecule has 0 fully saturated rings. The van der Waals surface area contributed by atoms with Crippen LogP contribution in [-0.2, 0) is 0 Å². The SMILES string of the molecule is O=C(O)c1ccccc1O.O=C(O)c1ccccc1O.c1ccc2nc3ccccc3nc2c1. The molecule has 5 rings (SSSR count). The average Bonchev–Trinajstić information content (AvgIpc) is 2.84. The van der Waals surface area contributed by atoms with Gasteiger partial charge in [-0.15, -0.1) is 0 Å². The summed E-state index contributed by atoms with van der Waals surface area (Å²) < 4.78 is 0. The minimum Gasteiger partial charge on any atom is -0.507 e. The van der Waals surface area contributed by atoms with Crippen LogP contribution >= 0.6 is 0 Å². The molecule has 5 aromatic rings. The minimum atomic E-state index is -1.11. The van der Waals surface area contributed by atoms with Crippen LogP contribution in [0.3, 0.4) is 0 Å². The Morgan fingerprint density at radius 3 is 0.971 bits per heavy atom. The van der Waals surface area contributed by atoms with Gasteiger partial charge in [-0.1, -0.05) is 48.5 Å². The largest absolute Gasteiger partial charge is 0.507 e. The Labute approximate surface area is 194 Å². The maximum atomic E-state index is 10.3. The van der Waals surface area contributed by atoms with Crippen molar-refractivity contribution in [2.45, 2.75) is 0 Å².